The number of nitrogens with one attached hydrogen (secondary N) is 2. The fourth-order valence-electron chi connectivity index (χ4n) is 3.85. The van der Waals surface area contributed by atoms with E-state index in [1.807, 2.05) is 47.4 Å². The number of carbonyl (C=O) groups excluding carboxylic acids is 1. The van der Waals surface area contributed by atoms with E-state index in [1.165, 1.54) is 0 Å². The minimum absolute atomic E-state index is 0.0322. The number of hydrogen-bond acceptors (Lipinski definition) is 5. The normalized spacial score (nSPS) is 15.9. The second-order valence-corrected chi connectivity index (χ2v) is 7.61. The van der Waals surface area contributed by atoms with Crippen LogP contribution in [-0.4, -0.2) is 59.6 Å². The highest BCUT2D eigenvalue weighted by Crippen LogP contribution is 2.28. The average Bonchev–Trinajstić information content (AvgIpc) is 2.93. The molecule has 1 aliphatic rings. The quantitative estimate of drug-likeness (QED) is 0.521. The Labute approximate surface area is 177 Å². The third-order valence-electron chi connectivity index (χ3n) is 5.39. The molecule has 3 rings (SSSR count). The zero-order chi connectivity index (χ0) is 21.2. The van der Waals surface area contributed by atoms with Crippen molar-refractivity contribution in [2.45, 2.75) is 31.6 Å². The summed E-state index contributed by atoms with van der Waals surface area (Å²) in [4.78, 5) is 30.1. The summed E-state index contributed by atoms with van der Waals surface area (Å²) < 4.78 is 0. The van der Waals surface area contributed by atoms with Crippen LogP contribution in [0.15, 0.2) is 48.7 Å². The maximum atomic E-state index is 12.7. The molecule has 2 heterocycles. The number of fused-ring (bicyclic) bond motifs is 1. The number of aromatic nitrogens is 1. The average molecular weight is 411 g/mol. The van der Waals surface area contributed by atoms with Crippen LogP contribution in [-0.2, 0) is 16.0 Å². The van der Waals surface area contributed by atoms with E-state index in [9.17, 15) is 14.7 Å². The Morgan fingerprint density at radius 1 is 1.10 bits per heavy atom. The molecule has 0 fully saturated rings. The second kappa shape index (κ2) is 11.3. The zero-order valence-corrected chi connectivity index (χ0v) is 17.2. The lowest BCUT2D eigenvalue weighted by Gasteiger charge is -2.24. The van der Waals surface area contributed by atoms with Gasteiger partial charge in [-0.15, -0.1) is 0 Å². The van der Waals surface area contributed by atoms with Crippen molar-refractivity contribution in [2.24, 2.45) is 0 Å². The van der Waals surface area contributed by atoms with Gasteiger partial charge >= 0.3 is 5.97 Å². The Morgan fingerprint density at radius 3 is 2.70 bits per heavy atom. The summed E-state index contributed by atoms with van der Waals surface area (Å²) in [5.41, 5.74) is 2.20. The molecule has 1 unspecified atom stereocenters. The van der Waals surface area contributed by atoms with E-state index in [1.54, 1.807) is 6.20 Å². The number of carbonyl (C=O) groups is 2. The van der Waals surface area contributed by atoms with Crippen LogP contribution in [0.2, 0.25) is 0 Å². The van der Waals surface area contributed by atoms with Crippen molar-refractivity contribution in [3.05, 3.63) is 59.8 Å². The monoisotopic (exact) mass is 410 g/mol. The van der Waals surface area contributed by atoms with Crippen LogP contribution in [0.3, 0.4) is 0 Å². The highest BCUT2D eigenvalue weighted by Gasteiger charge is 2.27. The molecule has 0 saturated carbocycles. The lowest BCUT2D eigenvalue weighted by atomic mass is 9.91. The predicted molar refractivity (Wildman–Crippen MR) is 117 cm³/mol. The van der Waals surface area contributed by atoms with Crippen LogP contribution in [0, 0.1) is 0 Å². The summed E-state index contributed by atoms with van der Waals surface area (Å²) >= 11 is 0. The van der Waals surface area contributed by atoms with Crippen molar-refractivity contribution in [3.8, 4) is 0 Å². The van der Waals surface area contributed by atoms with Crippen molar-refractivity contribution in [1.29, 1.82) is 0 Å². The first-order chi connectivity index (χ1) is 14.6. The number of pyridine rings is 1. The maximum Gasteiger partial charge on any atom is 0.304 e. The molecule has 1 aliphatic heterocycles. The molecule has 2 aromatic rings. The Kier molecular flexibility index (Phi) is 8.20. The molecule has 0 saturated heterocycles. The number of hydrogen-bond donors (Lipinski definition) is 3. The van der Waals surface area contributed by atoms with Crippen LogP contribution < -0.4 is 10.6 Å². The Bertz CT molecular complexity index is 828. The highest BCUT2D eigenvalue weighted by molar-refractivity contribution is 5.78. The van der Waals surface area contributed by atoms with Gasteiger partial charge in [0.15, 0.2) is 0 Å². The minimum Gasteiger partial charge on any atom is -0.481 e. The van der Waals surface area contributed by atoms with Gasteiger partial charge in [-0.25, -0.2) is 4.98 Å². The molecule has 0 spiro atoms. The summed E-state index contributed by atoms with van der Waals surface area (Å²) in [6.45, 7) is 2.97. The summed E-state index contributed by atoms with van der Waals surface area (Å²) in [7, 11) is 0. The van der Waals surface area contributed by atoms with Crippen LogP contribution in [0.1, 0.15) is 36.3 Å². The highest BCUT2D eigenvalue weighted by atomic mass is 16.4. The van der Waals surface area contributed by atoms with Gasteiger partial charge in [0.25, 0.3) is 0 Å². The Hall–Kier alpha value is -2.93. The smallest absolute Gasteiger partial charge is 0.304 e. The summed E-state index contributed by atoms with van der Waals surface area (Å²) in [6.07, 6.45) is 4.50. The largest absolute Gasteiger partial charge is 0.481 e. The first-order valence-electron chi connectivity index (χ1n) is 10.6. The third-order valence-corrected chi connectivity index (χ3v) is 5.39. The van der Waals surface area contributed by atoms with Crippen LogP contribution in [0.4, 0.5) is 5.82 Å². The number of anilines is 1. The van der Waals surface area contributed by atoms with Gasteiger partial charge in [0.1, 0.15) is 5.82 Å². The fourth-order valence-corrected chi connectivity index (χ4v) is 3.85. The van der Waals surface area contributed by atoms with Gasteiger partial charge in [0, 0.05) is 31.7 Å². The molecule has 30 heavy (non-hydrogen) atoms. The van der Waals surface area contributed by atoms with Crippen molar-refractivity contribution >= 4 is 17.7 Å². The number of benzene rings is 1. The number of amides is 1. The van der Waals surface area contributed by atoms with E-state index < -0.39 is 5.97 Å². The van der Waals surface area contributed by atoms with E-state index in [0.717, 1.165) is 49.3 Å². The molecule has 7 nitrogen and oxygen atoms in total. The number of rotatable bonds is 10. The van der Waals surface area contributed by atoms with Gasteiger partial charge in [0.05, 0.1) is 13.0 Å². The third kappa shape index (κ3) is 6.56. The number of carboxylic acid groups (broad SMARTS) is 1. The molecule has 1 amide bonds. The molecule has 0 aliphatic carbocycles. The first-order valence-corrected chi connectivity index (χ1v) is 10.6. The van der Waals surface area contributed by atoms with E-state index in [-0.39, 0.29) is 24.8 Å². The maximum absolute atomic E-state index is 12.7. The number of aliphatic carboxylic acids is 1. The van der Waals surface area contributed by atoms with Crippen LogP contribution in [0.25, 0.3) is 0 Å². The number of carboxylic acids is 1. The van der Waals surface area contributed by atoms with Crippen molar-refractivity contribution in [3.63, 3.8) is 0 Å². The van der Waals surface area contributed by atoms with Crippen LogP contribution >= 0.6 is 0 Å². The molecular formula is C23H30N4O3. The van der Waals surface area contributed by atoms with Gasteiger partial charge < -0.3 is 20.6 Å². The lowest BCUT2D eigenvalue weighted by Crippen LogP contribution is -2.41. The zero-order valence-electron chi connectivity index (χ0n) is 17.2. The van der Waals surface area contributed by atoms with Gasteiger partial charge in [0.2, 0.25) is 5.91 Å². The topological polar surface area (TPSA) is 94.6 Å². The van der Waals surface area contributed by atoms with Gasteiger partial charge in [-0.2, -0.15) is 0 Å². The molecule has 7 heteroatoms. The number of unbranched alkanes of at least 4 members (excludes halogenated alkanes) is 1. The number of nitrogens with zero attached hydrogens (tertiary/aromatic N) is 2. The molecule has 0 bridgehead atoms. The van der Waals surface area contributed by atoms with E-state index in [4.69, 9.17) is 0 Å². The van der Waals surface area contributed by atoms with Crippen molar-refractivity contribution in [2.75, 3.05) is 38.0 Å². The molecular weight excluding hydrogens is 380 g/mol. The molecule has 1 aromatic carbocycles. The Morgan fingerprint density at radius 2 is 1.90 bits per heavy atom. The molecule has 0 radical (unpaired) electrons. The van der Waals surface area contributed by atoms with Crippen LogP contribution in [0.5, 0.6) is 0 Å². The summed E-state index contributed by atoms with van der Waals surface area (Å²) in [5.74, 6) is -0.0899. The molecule has 1 aromatic heterocycles. The molecule has 3 N–H and O–H groups in total. The van der Waals surface area contributed by atoms with E-state index >= 15 is 0 Å². The van der Waals surface area contributed by atoms with E-state index in [2.05, 4.69) is 15.6 Å². The van der Waals surface area contributed by atoms with Gasteiger partial charge in [-0.3, -0.25) is 9.59 Å². The summed E-state index contributed by atoms with van der Waals surface area (Å²) in [5, 5.41) is 15.8. The SMILES string of the molecule is O=C(O)CC1CN(C(=O)CNCCCCNc2ccccn2)CCc2ccccc21. The predicted octanol–water partition coefficient (Wildman–Crippen LogP) is 2.51. The Balaban J connectivity index is 1.40. The summed E-state index contributed by atoms with van der Waals surface area (Å²) in [6, 6.07) is 13.7. The first kappa shape index (κ1) is 21.8. The van der Waals surface area contributed by atoms with Crippen molar-refractivity contribution < 1.29 is 14.7 Å². The standard InChI is InChI=1S/C23H30N4O3/c28-22(16-24-11-5-6-13-26-21-9-3-4-12-25-21)27-14-10-18-7-1-2-8-20(18)19(17-27)15-23(29)30/h1-4,7-9,12,19,24H,5-6,10-11,13-17H2,(H,25,26)(H,29,30). The minimum atomic E-state index is -0.832. The van der Waals surface area contributed by atoms with Gasteiger partial charge in [-0.05, 0) is 49.1 Å². The van der Waals surface area contributed by atoms with E-state index in [0.29, 0.717) is 13.1 Å². The fraction of sp³-hybridized carbons (Fsp3) is 0.435. The second-order valence-electron chi connectivity index (χ2n) is 7.61. The molecule has 160 valence electrons. The van der Waals surface area contributed by atoms with Gasteiger partial charge in [-0.1, -0.05) is 30.3 Å². The lowest BCUT2D eigenvalue weighted by molar-refractivity contribution is -0.138. The van der Waals surface area contributed by atoms with Crippen molar-refractivity contribution in [1.82, 2.24) is 15.2 Å². The molecule has 1 atom stereocenters.